The number of amides is 1. The number of fused-ring (bicyclic) bond motifs is 1. The Morgan fingerprint density at radius 3 is 2.79 bits per heavy atom. The number of hydrogen-bond donors (Lipinski definition) is 1. The van der Waals surface area contributed by atoms with E-state index in [0.29, 0.717) is 28.8 Å². The van der Waals surface area contributed by atoms with Crippen LogP contribution in [-0.4, -0.2) is 30.6 Å². The summed E-state index contributed by atoms with van der Waals surface area (Å²) in [5.74, 6) is 1.44. The molecule has 0 saturated carbocycles. The van der Waals surface area contributed by atoms with Crippen LogP contribution >= 0.6 is 0 Å². The molecule has 0 aliphatic heterocycles. The zero-order valence-corrected chi connectivity index (χ0v) is 15.7. The van der Waals surface area contributed by atoms with Crippen molar-refractivity contribution in [3.63, 3.8) is 0 Å². The Morgan fingerprint density at radius 2 is 2.00 bits per heavy atom. The average Bonchev–Trinajstić information content (AvgIpc) is 3.31. The van der Waals surface area contributed by atoms with Crippen molar-refractivity contribution in [3.8, 4) is 11.5 Å². The number of nitrogens with one attached hydrogen (secondary N) is 1. The molecule has 0 aliphatic carbocycles. The number of aryl methyl sites for hydroxylation is 2. The van der Waals surface area contributed by atoms with Gasteiger partial charge in [0, 0.05) is 18.3 Å². The number of anilines is 1. The predicted octanol–water partition coefficient (Wildman–Crippen LogP) is 3.22. The number of nitrogens with zero attached hydrogens (tertiary/aromatic N) is 5. The molecule has 1 amide bonds. The van der Waals surface area contributed by atoms with Crippen LogP contribution in [0.25, 0.3) is 17.1 Å². The van der Waals surface area contributed by atoms with Gasteiger partial charge in [-0.2, -0.15) is 4.98 Å². The lowest BCUT2D eigenvalue weighted by Gasteiger charge is -2.05. The van der Waals surface area contributed by atoms with Gasteiger partial charge < -0.3 is 9.84 Å². The molecule has 8 nitrogen and oxygen atoms in total. The number of rotatable bonds is 6. The third-order valence-electron chi connectivity index (χ3n) is 4.33. The second-order valence-corrected chi connectivity index (χ2v) is 6.59. The first-order valence-corrected chi connectivity index (χ1v) is 9.16. The van der Waals surface area contributed by atoms with Gasteiger partial charge in [0.1, 0.15) is 5.82 Å². The standard InChI is InChI=1S/C20H20N6O2/c1-3-5-16-22-20(28-25-16)15-6-4-11-26-17(23-24-19(15)26)12-18(27)21-14-9-7-13(2)8-10-14/h4,6-11H,3,5,12H2,1-2H3,(H,21,27). The molecule has 8 heteroatoms. The molecule has 0 unspecified atom stereocenters. The molecule has 4 aromatic rings. The maximum Gasteiger partial charge on any atom is 0.261 e. The zero-order valence-electron chi connectivity index (χ0n) is 15.7. The van der Waals surface area contributed by atoms with Gasteiger partial charge >= 0.3 is 0 Å². The van der Waals surface area contributed by atoms with Crippen molar-refractivity contribution < 1.29 is 9.32 Å². The third-order valence-corrected chi connectivity index (χ3v) is 4.33. The minimum Gasteiger partial charge on any atom is -0.334 e. The smallest absolute Gasteiger partial charge is 0.261 e. The second-order valence-electron chi connectivity index (χ2n) is 6.59. The summed E-state index contributed by atoms with van der Waals surface area (Å²) in [6.07, 6.45) is 3.61. The SMILES string of the molecule is CCCc1noc(-c2cccn3c(CC(=O)Nc4ccc(C)cc4)nnc23)n1. The number of hydrogen-bond acceptors (Lipinski definition) is 6. The van der Waals surface area contributed by atoms with Gasteiger partial charge in [-0.3, -0.25) is 9.20 Å². The molecular weight excluding hydrogens is 356 g/mol. The lowest BCUT2D eigenvalue weighted by Crippen LogP contribution is -2.16. The minimum absolute atomic E-state index is 0.101. The van der Waals surface area contributed by atoms with Gasteiger partial charge in [-0.1, -0.05) is 29.8 Å². The van der Waals surface area contributed by atoms with E-state index in [0.717, 1.165) is 24.1 Å². The van der Waals surface area contributed by atoms with E-state index in [1.54, 1.807) is 4.40 Å². The van der Waals surface area contributed by atoms with Crippen LogP contribution in [0.15, 0.2) is 47.1 Å². The van der Waals surface area contributed by atoms with Gasteiger partial charge in [-0.05, 0) is 37.6 Å². The molecular formula is C20H20N6O2. The van der Waals surface area contributed by atoms with Crippen LogP contribution in [0, 0.1) is 6.92 Å². The van der Waals surface area contributed by atoms with Crippen molar-refractivity contribution in [2.24, 2.45) is 0 Å². The third kappa shape index (κ3) is 3.62. The number of carbonyl (C=O) groups is 1. The fourth-order valence-corrected chi connectivity index (χ4v) is 2.93. The van der Waals surface area contributed by atoms with Gasteiger partial charge in [0.05, 0.1) is 12.0 Å². The summed E-state index contributed by atoms with van der Waals surface area (Å²) in [5.41, 5.74) is 3.15. The lowest BCUT2D eigenvalue weighted by atomic mass is 10.2. The number of carbonyl (C=O) groups excluding carboxylic acids is 1. The Bertz CT molecular complexity index is 1110. The molecule has 28 heavy (non-hydrogen) atoms. The van der Waals surface area contributed by atoms with E-state index in [2.05, 4.69) is 32.6 Å². The van der Waals surface area contributed by atoms with Crippen molar-refractivity contribution in [2.75, 3.05) is 5.32 Å². The lowest BCUT2D eigenvalue weighted by molar-refractivity contribution is -0.115. The van der Waals surface area contributed by atoms with Crippen LogP contribution in [0.1, 0.15) is 30.6 Å². The van der Waals surface area contributed by atoms with Gasteiger partial charge in [0.25, 0.3) is 5.89 Å². The van der Waals surface area contributed by atoms with E-state index in [1.165, 1.54) is 0 Å². The van der Waals surface area contributed by atoms with Gasteiger partial charge in [0.15, 0.2) is 11.5 Å². The van der Waals surface area contributed by atoms with Gasteiger partial charge in [-0.15, -0.1) is 10.2 Å². The Morgan fingerprint density at radius 1 is 1.18 bits per heavy atom. The molecule has 0 atom stereocenters. The molecule has 1 aromatic carbocycles. The van der Waals surface area contributed by atoms with Crippen LogP contribution in [0.4, 0.5) is 5.69 Å². The van der Waals surface area contributed by atoms with Crippen molar-refractivity contribution in [1.29, 1.82) is 0 Å². The number of aromatic nitrogens is 5. The predicted molar refractivity (Wildman–Crippen MR) is 104 cm³/mol. The maximum atomic E-state index is 12.4. The molecule has 0 saturated heterocycles. The summed E-state index contributed by atoms with van der Waals surface area (Å²) >= 11 is 0. The van der Waals surface area contributed by atoms with Crippen LogP contribution < -0.4 is 5.32 Å². The largest absolute Gasteiger partial charge is 0.334 e. The van der Waals surface area contributed by atoms with Gasteiger partial charge in [0.2, 0.25) is 5.91 Å². The summed E-state index contributed by atoms with van der Waals surface area (Å²) < 4.78 is 7.14. The highest BCUT2D eigenvalue weighted by Crippen LogP contribution is 2.22. The highest BCUT2D eigenvalue weighted by atomic mass is 16.5. The maximum absolute atomic E-state index is 12.4. The molecule has 142 valence electrons. The molecule has 4 rings (SSSR count). The summed E-state index contributed by atoms with van der Waals surface area (Å²) in [6.45, 7) is 4.06. The van der Waals surface area contributed by atoms with Crippen molar-refractivity contribution in [3.05, 3.63) is 59.8 Å². The van der Waals surface area contributed by atoms with E-state index >= 15 is 0 Å². The van der Waals surface area contributed by atoms with E-state index in [-0.39, 0.29) is 12.3 Å². The van der Waals surface area contributed by atoms with E-state index < -0.39 is 0 Å². The Labute approximate surface area is 161 Å². The molecule has 1 N–H and O–H groups in total. The van der Waals surface area contributed by atoms with Gasteiger partial charge in [-0.25, -0.2) is 0 Å². The molecule has 0 fully saturated rings. The van der Waals surface area contributed by atoms with Crippen LogP contribution in [0.3, 0.4) is 0 Å². The fraction of sp³-hybridized carbons (Fsp3) is 0.250. The van der Waals surface area contributed by atoms with Crippen molar-refractivity contribution >= 4 is 17.2 Å². The van der Waals surface area contributed by atoms with Crippen LogP contribution in [-0.2, 0) is 17.6 Å². The Balaban J connectivity index is 1.57. The minimum atomic E-state index is -0.161. The number of benzene rings is 1. The molecule has 0 aliphatic rings. The van der Waals surface area contributed by atoms with E-state index in [9.17, 15) is 4.79 Å². The first-order valence-electron chi connectivity index (χ1n) is 9.16. The fourth-order valence-electron chi connectivity index (χ4n) is 2.93. The van der Waals surface area contributed by atoms with E-state index in [1.807, 2.05) is 49.5 Å². The summed E-state index contributed by atoms with van der Waals surface area (Å²) in [5, 5.41) is 15.3. The highest BCUT2D eigenvalue weighted by Gasteiger charge is 2.17. The molecule has 0 radical (unpaired) electrons. The zero-order chi connectivity index (χ0) is 19.5. The normalized spacial score (nSPS) is 11.1. The Hall–Kier alpha value is -3.55. The van der Waals surface area contributed by atoms with Crippen LogP contribution in [0.5, 0.6) is 0 Å². The molecule has 0 bridgehead atoms. The second kappa shape index (κ2) is 7.59. The topological polar surface area (TPSA) is 98.2 Å². The first-order chi connectivity index (χ1) is 13.6. The first kappa shape index (κ1) is 17.8. The summed E-state index contributed by atoms with van der Waals surface area (Å²) in [6, 6.07) is 11.3. The monoisotopic (exact) mass is 376 g/mol. The summed E-state index contributed by atoms with van der Waals surface area (Å²) in [7, 11) is 0. The van der Waals surface area contributed by atoms with Crippen LogP contribution in [0.2, 0.25) is 0 Å². The van der Waals surface area contributed by atoms with Crippen molar-refractivity contribution in [1.82, 2.24) is 24.7 Å². The molecule has 3 heterocycles. The number of pyridine rings is 1. The van der Waals surface area contributed by atoms with Crippen molar-refractivity contribution in [2.45, 2.75) is 33.1 Å². The quantitative estimate of drug-likeness (QED) is 0.555. The Kier molecular flexibility index (Phi) is 4.84. The highest BCUT2D eigenvalue weighted by molar-refractivity contribution is 5.92. The van der Waals surface area contributed by atoms with E-state index in [4.69, 9.17) is 4.52 Å². The summed E-state index contributed by atoms with van der Waals surface area (Å²) in [4.78, 5) is 16.8. The molecule has 0 spiro atoms. The average molecular weight is 376 g/mol. The molecule has 3 aromatic heterocycles.